The van der Waals surface area contributed by atoms with E-state index in [4.69, 9.17) is 9.26 Å². The largest absolute Gasteiger partial charge is 0.385 e. The van der Waals surface area contributed by atoms with Gasteiger partial charge >= 0.3 is 0 Å². The van der Waals surface area contributed by atoms with E-state index in [1.54, 1.807) is 31.5 Å². The quantitative estimate of drug-likeness (QED) is 0.891. The molecule has 7 nitrogen and oxygen atoms in total. The molecule has 1 saturated heterocycles. The van der Waals surface area contributed by atoms with Gasteiger partial charge < -0.3 is 19.7 Å². The summed E-state index contributed by atoms with van der Waals surface area (Å²) in [5.74, 6) is -0.138. The van der Waals surface area contributed by atoms with E-state index in [0.717, 1.165) is 12.8 Å². The molecule has 2 aromatic heterocycles. The van der Waals surface area contributed by atoms with Crippen LogP contribution in [0.25, 0.3) is 11.3 Å². The highest BCUT2D eigenvalue weighted by atomic mass is 16.5. The lowest BCUT2D eigenvalue weighted by Crippen LogP contribution is -2.39. The summed E-state index contributed by atoms with van der Waals surface area (Å²) in [5, 5.41) is 16.8. The molecule has 3 rings (SSSR count). The third kappa shape index (κ3) is 3.40. The zero-order valence-electron chi connectivity index (χ0n) is 12.9. The van der Waals surface area contributed by atoms with Crippen LogP contribution in [0.2, 0.25) is 0 Å². The molecule has 1 atom stereocenters. The van der Waals surface area contributed by atoms with Crippen LogP contribution in [-0.2, 0) is 4.74 Å². The monoisotopic (exact) mass is 317 g/mol. The number of carbonyl (C=O) groups is 1. The third-order valence-electron chi connectivity index (χ3n) is 3.82. The van der Waals surface area contributed by atoms with Gasteiger partial charge in [0, 0.05) is 37.2 Å². The maximum absolute atomic E-state index is 12.7. The van der Waals surface area contributed by atoms with Crippen molar-refractivity contribution in [3.63, 3.8) is 0 Å². The van der Waals surface area contributed by atoms with Crippen molar-refractivity contribution in [3.05, 3.63) is 35.9 Å². The molecule has 1 amide bonds. The van der Waals surface area contributed by atoms with Gasteiger partial charge in [-0.15, -0.1) is 0 Å². The molecule has 122 valence electrons. The molecule has 0 saturated carbocycles. The van der Waals surface area contributed by atoms with Gasteiger partial charge in [0.05, 0.1) is 0 Å². The number of aliphatic hydroxyl groups is 1. The van der Waals surface area contributed by atoms with Gasteiger partial charge in [-0.05, 0) is 31.9 Å². The van der Waals surface area contributed by atoms with Crippen LogP contribution in [0.1, 0.15) is 42.0 Å². The molecular formula is C16H19N3O4. The summed E-state index contributed by atoms with van der Waals surface area (Å²) >= 11 is 0. The summed E-state index contributed by atoms with van der Waals surface area (Å²) < 4.78 is 10.5. The SMILES string of the molecule is C[C@H](O)c1onc(-c2cccnc2)c1C(=O)NC1CCOCC1. The van der Waals surface area contributed by atoms with Crippen LogP contribution in [0.5, 0.6) is 0 Å². The van der Waals surface area contributed by atoms with Crippen molar-refractivity contribution in [1.82, 2.24) is 15.5 Å². The minimum absolute atomic E-state index is 0.0507. The second-order valence-corrected chi connectivity index (χ2v) is 5.55. The Morgan fingerprint density at radius 3 is 2.87 bits per heavy atom. The fourth-order valence-corrected chi connectivity index (χ4v) is 2.61. The van der Waals surface area contributed by atoms with E-state index in [0.29, 0.717) is 24.5 Å². The van der Waals surface area contributed by atoms with Crippen molar-refractivity contribution in [1.29, 1.82) is 0 Å². The number of hydrogen-bond acceptors (Lipinski definition) is 6. The van der Waals surface area contributed by atoms with E-state index >= 15 is 0 Å². The standard InChI is InChI=1S/C16H19N3O4/c1-10(20)15-13(16(21)18-12-4-7-22-8-5-12)14(19-23-15)11-3-2-6-17-9-11/h2-3,6,9-10,12,20H,4-5,7-8H2,1H3,(H,18,21)/t10-/m0/s1. The lowest BCUT2D eigenvalue weighted by molar-refractivity contribution is 0.0692. The Labute approximate surface area is 133 Å². The molecule has 0 unspecified atom stereocenters. The van der Waals surface area contributed by atoms with E-state index in [1.165, 1.54) is 0 Å². The van der Waals surface area contributed by atoms with Gasteiger partial charge in [0.2, 0.25) is 0 Å². The van der Waals surface area contributed by atoms with Crippen LogP contribution >= 0.6 is 0 Å². The second kappa shape index (κ2) is 6.89. The lowest BCUT2D eigenvalue weighted by Gasteiger charge is -2.23. The molecule has 0 aliphatic carbocycles. The smallest absolute Gasteiger partial charge is 0.257 e. The normalized spacial score (nSPS) is 17.0. The molecule has 1 fully saturated rings. The fraction of sp³-hybridized carbons (Fsp3) is 0.438. The van der Waals surface area contributed by atoms with Crippen molar-refractivity contribution < 1.29 is 19.2 Å². The first-order chi connectivity index (χ1) is 11.2. The molecule has 0 aromatic carbocycles. The number of amides is 1. The summed E-state index contributed by atoms with van der Waals surface area (Å²) in [6.07, 6.45) is 3.85. The number of pyridine rings is 1. The molecule has 0 spiro atoms. The van der Waals surface area contributed by atoms with Crippen molar-refractivity contribution in [3.8, 4) is 11.3 Å². The minimum atomic E-state index is -0.927. The molecule has 1 aliphatic heterocycles. The van der Waals surface area contributed by atoms with Crippen LogP contribution in [0.4, 0.5) is 0 Å². The van der Waals surface area contributed by atoms with Crippen LogP contribution in [0.3, 0.4) is 0 Å². The van der Waals surface area contributed by atoms with Crippen molar-refractivity contribution >= 4 is 5.91 Å². The topological polar surface area (TPSA) is 97.5 Å². The number of nitrogens with one attached hydrogen (secondary N) is 1. The number of carbonyl (C=O) groups excluding carboxylic acids is 1. The predicted octanol–water partition coefficient (Wildman–Crippen LogP) is 1.70. The first-order valence-electron chi connectivity index (χ1n) is 7.63. The van der Waals surface area contributed by atoms with Gasteiger partial charge in [0.25, 0.3) is 5.91 Å². The fourth-order valence-electron chi connectivity index (χ4n) is 2.61. The van der Waals surface area contributed by atoms with Gasteiger partial charge in [-0.3, -0.25) is 9.78 Å². The zero-order valence-corrected chi connectivity index (χ0v) is 12.9. The minimum Gasteiger partial charge on any atom is -0.385 e. The molecule has 23 heavy (non-hydrogen) atoms. The van der Waals surface area contributed by atoms with E-state index in [-0.39, 0.29) is 23.3 Å². The Morgan fingerprint density at radius 1 is 1.43 bits per heavy atom. The number of hydrogen-bond donors (Lipinski definition) is 2. The molecule has 0 bridgehead atoms. The highest BCUT2D eigenvalue weighted by Crippen LogP contribution is 2.28. The highest BCUT2D eigenvalue weighted by Gasteiger charge is 2.28. The third-order valence-corrected chi connectivity index (χ3v) is 3.82. The lowest BCUT2D eigenvalue weighted by atomic mass is 10.0. The van der Waals surface area contributed by atoms with Gasteiger partial charge in [0.1, 0.15) is 17.4 Å². The number of nitrogens with zero attached hydrogens (tertiary/aromatic N) is 2. The summed E-state index contributed by atoms with van der Waals surface area (Å²) in [7, 11) is 0. The van der Waals surface area contributed by atoms with Crippen molar-refractivity contribution in [2.24, 2.45) is 0 Å². The highest BCUT2D eigenvalue weighted by molar-refractivity contribution is 6.01. The van der Waals surface area contributed by atoms with Gasteiger partial charge in [-0.1, -0.05) is 5.16 Å². The van der Waals surface area contributed by atoms with Crippen LogP contribution < -0.4 is 5.32 Å². The van der Waals surface area contributed by atoms with Crippen LogP contribution in [-0.4, -0.2) is 40.4 Å². The molecule has 0 radical (unpaired) electrons. The van der Waals surface area contributed by atoms with Crippen molar-refractivity contribution in [2.45, 2.75) is 31.9 Å². The molecule has 7 heteroatoms. The Hall–Kier alpha value is -2.25. The summed E-state index contributed by atoms with van der Waals surface area (Å²) in [5.41, 5.74) is 1.32. The maximum Gasteiger partial charge on any atom is 0.257 e. The molecular weight excluding hydrogens is 298 g/mol. The number of rotatable bonds is 4. The van der Waals surface area contributed by atoms with Gasteiger partial charge in [0.15, 0.2) is 5.76 Å². The zero-order chi connectivity index (χ0) is 16.2. The average molecular weight is 317 g/mol. The number of aliphatic hydroxyl groups excluding tert-OH is 1. The molecule has 2 N–H and O–H groups in total. The van der Waals surface area contributed by atoms with E-state index < -0.39 is 6.10 Å². The number of ether oxygens (including phenoxy) is 1. The average Bonchev–Trinajstić information content (AvgIpc) is 3.02. The Morgan fingerprint density at radius 2 is 2.22 bits per heavy atom. The van der Waals surface area contributed by atoms with Crippen LogP contribution in [0.15, 0.2) is 29.0 Å². The maximum atomic E-state index is 12.7. The van der Waals surface area contributed by atoms with E-state index in [9.17, 15) is 9.90 Å². The summed E-state index contributed by atoms with van der Waals surface area (Å²) in [6.45, 7) is 2.80. The predicted molar refractivity (Wildman–Crippen MR) is 81.7 cm³/mol. The molecule has 1 aliphatic rings. The molecule has 3 heterocycles. The first kappa shape index (κ1) is 15.6. The summed E-state index contributed by atoms with van der Waals surface area (Å²) in [6, 6.07) is 3.60. The number of aromatic nitrogens is 2. The van der Waals surface area contributed by atoms with E-state index in [1.807, 2.05) is 0 Å². The first-order valence-corrected chi connectivity index (χ1v) is 7.63. The van der Waals surface area contributed by atoms with Gasteiger partial charge in [-0.2, -0.15) is 0 Å². The van der Waals surface area contributed by atoms with Gasteiger partial charge in [-0.25, -0.2) is 0 Å². The van der Waals surface area contributed by atoms with Crippen molar-refractivity contribution in [2.75, 3.05) is 13.2 Å². The summed E-state index contributed by atoms with van der Waals surface area (Å²) in [4.78, 5) is 16.7. The Bertz CT molecular complexity index is 663. The Kier molecular flexibility index (Phi) is 4.68. The Balaban J connectivity index is 1.92. The van der Waals surface area contributed by atoms with Crippen LogP contribution in [0, 0.1) is 0 Å². The molecule has 2 aromatic rings. The second-order valence-electron chi connectivity index (χ2n) is 5.55. The van der Waals surface area contributed by atoms with E-state index in [2.05, 4.69) is 15.5 Å².